The Morgan fingerprint density at radius 1 is 0.381 bits per heavy atom. The Bertz CT molecular complexity index is 533. The van der Waals surface area contributed by atoms with Crippen LogP contribution in [0.4, 0.5) is 9.41 Å². The van der Waals surface area contributed by atoms with Gasteiger partial charge < -0.3 is 0 Å². The van der Waals surface area contributed by atoms with Gasteiger partial charge in [0.2, 0.25) is 0 Å². The highest BCUT2D eigenvalue weighted by Gasteiger charge is 2.14. The summed E-state index contributed by atoms with van der Waals surface area (Å²) < 4.78 is 0. The van der Waals surface area contributed by atoms with E-state index in [0.29, 0.717) is 0 Å². The highest BCUT2D eigenvalue weighted by Crippen LogP contribution is 2.32. The SMILES string of the molecule is F.F.c1ccc(P(c2ccccc2)c2ccccc2)cc1. The second kappa shape index (κ2) is 8.28. The molecule has 0 aromatic heterocycles. The maximum atomic E-state index is 2.23. The lowest BCUT2D eigenvalue weighted by Crippen LogP contribution is -2.20. The lowest BCUT2D eigenvalue weighted by Gasteiger charge is -2.18. The molecule has 0 fully saturated rings. The summed E-state index contributed by atoms with van der Waals surface area (Å²) in [5.74, 6) is 0. The first-order valence-corrected chi connectivity index (χ1v) is 7.74. The number of halogens is 2. The highest BCUT2D eigenvalue weighted by atomic mass is 31.1. The van der Waals surface area contributed by atoms with Crippen LogP contribution in [0.25, 0.3) is 0 Å². The Kier molecular flexibility index (Phi) is 6.71. The summed E-state index contributed by atoms with van der Waals surface area (Å²) in [5.41, 5.74) is 0. The molecule has 0 radical (unpaired) electrons. The van der Waals surface area contributed by atoms with Crippen LogP contribution in [0.15, 0.2) is 91.0 Å². The normalized spacial score (nSPS) is 9.57. The predicted octanol–water partition coefficient (Wildman–Crippen LogP) is 3.75. The van der Waals surface area contributed by atoms with E-state index in [1.807, 2.05) is 0 Å². The van der Waals surface area contributed by atoms with Gasteiger partial charge in [-0.2, -0.15) is 0 Å². The molecular weight excluding hydrogens is 285 g/mol. The van der Waals surface area contributed by atoms with Crippen LogP contribution in [0, 0.1) is 0 Å². The molecule has 0 atom stereocenters. The fourth-order valence-corrected chi connectivity index (χ4v) is 4.48. The molecule has 3 aromatic carbocycles. The molecule has 0 spiro atoms. The average molecular weight is 302 g/mol. The van der Waals surface area contributed by atoms with Crippen LogP contribution in [-0.4, -0.2) is 0 Å². The highest BCUT2D eigenvalue weighted by molar-refractivity contribution is 7.79. The maximum absolute atomic E-state index is 2.23. The first kappa shape index (κ1) is 17.0. The van der Waals surface area contributed by atoms with Crippen molar-refractivity contribution < 1.29 is 9.41 Å². The van der Waals surface area contributed by atoms with E-state index in [1.165, 1.54) is 15.9 Å². The lowest BCUT2D eigenvalue weighted by atomic mass is 10.4. The van der Waals surface area contributed by atoms with Gasteiger partial charge in [0.1, 0.15) is 0 Å². The quantitative estimate of drug-likeness (QED) is 0.646. The van der Waals surface area contributed by atoms with Crippen molar-refractivity contribution >= 4 is 23.8 Å². The van der Waals surface area contributed by atoms with Crippen LogP contribution in [-0.2, 0) is 0 Å². The van der Waals surface area contributed by atoms with Gasteiger partial charge in [0.05, 0.1) is 0 Å². The maximum Gasteiger partial charge on any atom is -0.0134 e. The fraction of sp³-hybridized carbons (Fsp3) is 0. The zero-order valence-electron chi connectivity index (χ0n) is 11.4. The minimum absolute atomic E-state index is 0. The summed E-state index contributed by atoms with van der Waals surface area (Å²) in [7, 11) is -0.446. The Hall–Kier alpha value is -2.05. The van der Waals surface area contributed by atoms with Gasteiger partial charge in [-0.3, -0.25) is 9.41 Å². The van der Waals surface area contributed by atoms with Crippen molar-refractivity contribution in [1.82, 2.24) is 0 Å². The van der Waals surface area contributed by atoms with Crippen LogP contribution >= 0.6 is 7.92 Å². The number of rotatable bonds is 3. The summed E-state index contributed by atoms with van der Waals surface area (Å²) in [6.45, 7) is 0. The average Bonchev–Trinajstić information content (AvgIpc) is 2.51. The van der Waals surface area contributed by atoms with E-state index in [9.17, 15) is 0 Å². The summed E-state index contributed by atoms with van der Waals surface area (Å²) in [5, 5.41) is 4.19. The van der Waals surface area contributed by atoms with Gasteiger partial charge in [-0.15, -0.1) is 0 Å². The van der Waals surface area contributed by atoms with E-state index in [4.69, 9.17) is 0 Å². The molecular formula is C18H17F2P. The van der Waals surface area contributed by atoms with Crippen LogP contribution < -0.4 is 15.9 Å². The van der Waals surface area contributed by atoms with Gasteiger partial charge in [0, 0.05) is 0 Å². The third kappa shape index (κ3) is 3.96. The Labute approximate surface area is 125 Å². The molecule has 0 nitrogen and oxygen atoms in total. The van der Waals surface area contributed by atoms with Gasteiger partial charge in [0.15, 0.2) is 0 Å². The van der Waals surface area contributed by atoms with Crippen molar-refractivity contribution in [1.29, 1.82) is 0 Å². The third-order valence-electron chi connectivity index (χ3n) is 3.04. The van der Waals surface area contributed by atoms with E-state index in [2.05, 4.69) is 91.0 Å². The van der Waals surface area contributed by atoms with Gasteiger partial charge in [-0.25, -0.2) is 0 Å². The molecule has 0 N–H and O–H groups in total. The summed E-state index contributed by atoms with van der Waals surface area (Å²) >= 11 is 0. The Morgan fingerprint density at radius 2 is 0.619 bits per heavy atom. The zero-order chi connectivity index (χ0) is 12.9. The van der Waals surface area contributed by atoms with Crippen molar-refractivity contribution in [3.63, 3.8) is 0 Å². The Morgan fingerprint density at radius 3 is 0.857 bits per heavy atom. The molecule has 0 amide bonds. The van der Waals surface area contributed by atoms with Crippen LogP contribution in [0.5, 0.6) is 0 Å². The smallest absolute Gasteiger partial charge is 0.0134 e. The fourth-order valence-electron chi connectivity index (χ4n) is 2.18. The largest absolute Gasteiger partial charge is 0.269 e. The second-order valence-corrected chi connectivity index (χ2v) is 6.56. The Balaban J connectivity index is 0.00000110. The number of benzene rings is 3. The molecule has 0 aliphatic heterocycles. The van der Waals surface area contributed by atoms with Gasteiger partial charge in [-0.1, -0.05) is 91.0 Å². The van der Waals surface area contributed by atoms with E-state index in [0.717, 1.165) is 0 Å². The minimum atomic E-state index is -0.446. The molecule has 0 unspecified atom stereocenters. The van der Waals surface area contributed by atoms with E-state index in [-0.39, 0.29) is 9.41 Å². The van der Waals surface area contributed by atoms with Crippen molar-refractivity contribution in [3.05, 3.63) is 91.0 Å². The van der Waals surface area contributed by atoms with Crippen molar-refractivity contribution in [2.75, 3.05) is 0 Å². The molecule has 108 valence electrons. The molecule has 0 saturated carbocycles. The first-order chi connectivity index (χ1) is 9.45. The van der Waals surface area contributed by atoms with Gasteiger partial charge in [0.25, 0.3) is 0 Å². The standard InChI is InChI=1S/C18H15P.2FH/c1-4-10-16(11-5-1)19(17-12-6-2-7-13-17)18-14-8-3-9-15-18;;/h1-15H;2*1H. The third-order valence-corrected chi connectivity index (χ3v) is 5.49. The van der Waals surface area contributed by atoms with E-state index in [1.54, 1.807) is 0 Å². The van der Waals surface area contributed by atoms with Crippen molar-refractivity contribution in [2.45, 2.75) is 0 Å². The molecule has 0 saturated heterocycles. The zero-order valence-corrected chi connectivity index (χ0v) is 12.3. The van der Waals surface area contributed by atoms with Crippen LogP contribution in [0.3, 0.4) is 0 Å². The molecule has 3 heteroatoms. The molecule has 21 heavy (non-hydrogen) atoms. The van der Waals surface area contributed by atoms with E-state index >= 15 is 0 Å². The molecule has 0 aliphatic rings. The topological polar surface area (TPSA) is 0 Å². The molecule has 3 aromatic rings. The lowest BCUT2D eigenvalue weighted by molar-refractivity contribution is 1.11. The minimum Gasteiger partial charge on any atom is -0.269 e. The van der Waals surface area contributed by atoms with E-state index < -0.39 is 7.92 Å². The molecule has 0 bridgehead atoms. The van der Waals surface area contributed by atoms with Crippen molar-refractivity contribution in [3.8, 4) is 0 Å². The van der Waals surface area contributed by atoms with Gasteiger partial charge >= 0.3 is 0 Å². The predicted molar refractivity (Wildman–Crippen MR) is 90.2 cm³/mol. The summed E-state index contributed by atoms with van der Waals surface area (Å²) in [4.78, 5) is 0. The summed E-state index contributed by atoms with van der Waals surface area (Å²) in [6.07, 6.45) is 0. The van der Waals surface area contributed by atoms with Crippen molar-refractivity contribution in [2.24, 2.45) is 0 Å². The van der Waals surface area contributed by atoms with Gasteiger partial charge in [-0.05, 0) is 23.8 Å². The molecule has 0 aliphatic carbocycles. The number of hydrogen-bond acceptors (Lipinski definition) is 0. The summed E-state index contributed by atoms with van der Waals surface area (Å²) in [6, 6.07) is 32.3. The van der Waals surface area contributed by atoms with Crippen LogP contribution in [0.1, 0.15) is 0 Å². The number of hydrogen-bond donors (Lipinski definition) is 0. The molecule has 3 rings (SSSR count). The van der Waals surface area contributed by atoms with Crippen LogP contribution in [0.2, 0.25) is 0 Å². The molecule has 0 heterocycles. The monoisotopic (exact) mass is 302 g/mol. The second-order valence-electron chi connectivity index (χ2n) is 4.34. The first-order valence-electron chi connectivity index (χ1n) is 6.40.